The summed E-state index contributed by atoms with van der Waals surface area (Å²) in [6.07, 6.45) is 20.2. The Morgan fingerprint density at radius 1 is 1.03 bits per heavy atom. The number of amides is 1. The molecule has 6 rings (SSSR count). The molecule has 1 saturated carbocycles. The van der Waals surface area contributed by atoms with Crippen molar-refractivity contribution in [2.24, 2.45) is 0 Å². The Morgan fingerprint density at radius 2 is 1.95 bits per heavy atom. The highest BCUT2D eigenvalue weighted by molar-refractivity contribution is 5.98. The molecule has 0 unspecified atom stereocenters. The van der Waals surface area contributed by atoms with Crippen molar-refractivity contribution >= 4 is 11.5 Å². The number of nitrogens with zero attached hydrogens (tertiary/aromatic N) is 4. The minimum atomic E-state index is -0.102. The standard InChI is InChI=1S/C32H35N5O2/c38-32-29-19-25(26-15-16-30(33-20-26)23-11-12-23)13-14-27(29)21-39-18-5-4-17-37-22-34-36-31(37)24-7-2-1-3-9-28(35-32)10-6-8-24/h6-8,10,13-16,19-20,22-23H,1-5,9,11-12,17-18,21H2,(H,35,38)/b8-6-,24-7-,28-10+. The van der Waals surface area contributed by atoms with E-state index in [2.05, 4.69) is 55.4 Å². The molecule has 1 aromatic carbocycles. The SMILES string of the molecule is O=C1N/C2=C/C=C\C(=C\CCCC2)c2nncn2CCCCOCc2ccc(-c3ccc(C4CC4)nc3)cc21. The van der Waals surface area contributed by atoms with Gasteiger partial charge in [-0.25, -0.2) is 0 Å². The van der Waals surface area contributed by atoms with Crippen LogP contribution in [0.5, 0.6) is 0 Å². The summed E-state index contributed by atoms with van der Waals surface area (Å²) in [6.45, 7) is 1.86. The lowest BCUT2D eigenvalue weighted by Crippen LogP contribution is -2.24. The minimum absolute atomic E-state index is 0.102. The molecule has 1 aliphatic heterocycles. The van der Waals surface area contributed by atoms with Gasteiger partial charge in [0.15, 0.2) is 5.82 Å². The summed E-state index contributed by atoms with van der Waals surface area (Å²) in [4.78, 5) is 18.4. The summed E-state index contributed by atoms with van der Waals surface area (Å²) in [5.41, 5.74) is 6.69. The first-order valence-corrected chi connectivity index (χ1v) is 14.2. The normalized spacial score (nSPS) is 22.4. The van der Waals surface area contributed by atoms with Crippen molar-refractivity contribution in [1.82, 2.24) is 25.1 Å². The highest BCUT2D eigenvalue weighted by Crippen LogP contribution is 2.39. The summed E-state index contributed by atoms with van der Waals surface area (Å²) in [5.74, 6) is 1.40. The number of ether oxygens (including phenoxy) is 1. The predicted molar refractivity (Wildman–Crippen MR) is 152 cm³/mol. The maximum absolute atomic E-state index is 13.7. The topological polar surface area (TPSA) is 81.9 Å². The first kappa shape index (κ1) is 25.4. The molecular formula is C32H35N5O2. The van der Waals surface area contributed by atoms with Crippen molar-refractivity contribution in [3.8, 4) is 11.1 Å². The van der Waals surface area contributed by atoms with Gasteiger partial charge in [-0.2, -0.15) is 0 Å². The lowest BCUT2D eigenvalue weighted by atomic mass is 9.99. The van der Waals surface area contributed by atoms with Crippen LogP contribution < -0.4 is 5.32 Å². The fraction of sp³-hybridized carbons (Fsp3) is 0.375. The molecule has 2 aliphatic carbocycles. The van der Waals surface area contributed by atoms with Gasteiger partial charge in [0, 0.05) is 53.4 Å². The van der Waals surface area contributed by atoms with Crippen LogP contribution in [0.25, 0.3) is 16.7 Å². The molecule has 2 bridgehead atoms. The fourth-order valence-corrected chi connectivity index (χ4v) is 5.22. The molecule has 7 heteroatoms. The fourth-order valence-electron chi connectivity index (χ4n) is 5.22. The minimum Gasteiger partial charge on any atom is -0.377 e. The van der Waals surface area contributed by atoms with Crippen molar-refractivity contribution in [3.63, 3.8) is 0 Å². The summed E-state index contributed by atoms with van der Waals surface area (Å²) in [5, 5.41) is 11.8. The highest BCUT2D eigenvalue weighted by Gasteiger charge is 2.24. The van der Waals surface area contributed by atoms with Gasteiger partial charge >= 0.3 is 0 Å². The van der Waals surface area contributed by atoms with Crippen molar-refractivity contribution < 1.29 is 9.53 Å². The number of rotatable bonds is 2. The van der Waals surface area contributed by atoms with E-state index in [1.165, 1.54) is 18.5 Å². The van der Waals surface area contributed by atoms with Crippen LogP contribution in [-0.2, 0) is 17.9 Å². The molecule has 1 N–H and O–H groups in total. The molecular weight excluding hydrogens is 486 g/mol. The van der Waals surface area contributed by atoms with Crippen molar-refractivity contribution in [3.05, 3.63) is 95.5 Å². The monoisotopic (exact) mass is 521 g/mol. The largest absolute Gasteiger partial charge is 0.377 e. The zero-order valence-corrected chi connectivity index (χ0v) is 22.3. The third-order valence-corrected chi connectivity index (χ3v) is 7.65. The van der Waals surface area contributed by atoms with E-state index in [0.29, 0.717) is 24.7 Å². The van der Waals surface area contributed by atoms with Crippen LogP contribution >= 0.6 is 0 Å². The molecule has 39 heavy (non-hydrogen) atoms. The third kappa shape index (κ3) is 6.25. The van der Waals surface area contributed by atoms with Gasteiger partial charge in [-0.15, -0.1) is 10.2 Å². The Bertz CT molecular complexity index is 1410. The number of benzene rings is 1. The van der Waals surface area contributed by atoms with Gasteiger partial charge in [0.2, 0.25) is 0 Å². The molecule has 1 amide bonds. The van der Waals surface area contributed by atoms with Crippen LogP contribution in [-0.4, -0.2) is 32.3 Å². The summed E-state index contributed by atoms with van der Waals surface area (Å²) in [6, 6.07) is 10.3. The number of pyridine rings is 1. The first-order chi connectivity index (χ1) is 19.2. The summed E-state index contributed by atoms with van der Waals surface area (Å²) < 4.78 is 8.17. The summed E-state index contributed by atoms with van der Waals surface area (Å²) in [7, 11) is 0. The van der Waals surface area contributed by atoms with E-state index in [9.17, 15) is 4.79 Å². The average Bonchev–Trinajstić information content (AvgIpc) is 3.71. The van der Waals surface area contributed by atoms with Crippen molar-refractivity contribution in [1.29, 1.82) is 0 Å². The van der Waals surface area contributed by atoms with E-state index in [4.69, 9.17) is 4.74 Å². The zero-order valence-electron chi connectivity index (χ0n) is 22.3. The zero-order chi connectivity index (χ0) is 26.4. The van der Waals surface area contributed by atoms with Gasteiger partial charge in [-0.3, -0.25) is 9.78 Å². The van der Waals surface area contributed by atoms with Gasteiger partial charge < -0.3 is 14.6 Å². The van der Waals surface area contributed by atoms with Gasteiger partial charge in [0.05, 0.1) is 6.61 Å². The Hall–Kier alpha value is -3.84. The van der Waals surface area contributed by atoms with Gasteiger partial charge in [-0.1, -0.05) is 36.4 Å². The smallest absolute Gasteiger partial charge is 0.255 e. The van der Waals surface area contributed by atoms with Crippen LogP contribution in [0.4, 0.5) is 0 Å². The molecule has 0 atom stereocenters. The second kappa shape index (κ2) is 11.9. The Balaban J connectivity index is 1.31. The average molecular weight is 522 g/mol. The predicted octanol–water partition coefficient (Wildman–Crippen LogP) is 6.36. The van der Waals surface area contributed by atoms with Crippen LogP contribution in [0.2, 0.25) is 0 Å². The first-order valence-electron chi connectivity index (χ1n) is 14.2. The molecule has 0 radical (unpaired) electrons. The highest BCUT2D eigenvalue weighted by atomic mass is 16.5. The second-order valence-electron chi connectivity index (χ2n) is 10.6. The second-order valence-corrected chi connectivity index (χ2v) is 10.6. The quantitative estimate of drug-likeness (QED) is 0.425. The number of aromatic nitrogens is 4. The van der Waals surface area contributed by atoms with Crippen LogP contribution in [0.1, 0.15) is 84.7 Å². The Kier molecular flexibility index (Phi) is 7.77. The number of hydrogen-bond acceptors (Lipinski definition) is 5. The van der Waals surface area contributed by atoms with Gasteiger partial charge in [0.25, 0.3) is 5.91 Å². The van der Waals surface area contributed by atoms with Crippen LogP contribution in [0.3, 0.4) is 0 Å². The van der Waals surface area contributed by atoms with E-state index in [1.54, 1.807) is 0 Å². The van der Waals surface area contributed by atoms with Crippen molar-refractivity contribution in [2.75, 3.05) is 6.61 Å². The van der Waals surface area contributed by atoms with Gasteiger partial charge in [0.1, 0.15) is 6.33 Å². The molecule has 3 heterocycles. The molecule has 2 aromatic heterocycles. The number of nitrogens with one attached hydrogen (secondary N) is 1. The molecule has 1 fully saturated rings. The van der Waals surface area contributed by atoms with E-state index in [0.717, 1.165) is 78.9 Å². The maximum atomic E-state index is 13.7. The lowest BCUT2D eigenvalue weighted by molar-refractivity contribution is 0.0947. The van der Waals surface area contributed by atoms with Crippen molar-refractivity contribution in [2.45, 2.75) is 70.4 Å². The number of fused-ring (bicyclic) bond motifs is 5. The third-order valence-electron chi connectivity index (χ3n) is 7.65. The number of allylic oxidation sites excluding steroid dienone is 6. The van der Waals surface area contributed by atoms with E-state index in [-0.39, 0.29) is 5.91 Å². The lowest BCUT2D eigenvalue weighted by Gasteiger charge is -2.15. The number of carbonyl (C=O) groups is 1. The van der Waals surface area contributed by atoms with Crippen LogP contribution in [0.15, 0.2) is 72.9 Å². The van der Waals surface area contributed by atoms with Gasteiger partial charge in [-0.05, 0) is 80.7 Å². The number of hydrogen-bond donors (Lipinski definition) is 1. The molecule has 7 nitrogen and oxygen atoms in total. The molecule has 3 aliphatic rings. The molecule has 200 valence electrons. The van der Waals surface area contributed by atoms with E-state index < -0.39 is 0 Å². The molecule has 0 spiro atoms. The number of aryl methyl sites for hydroxylation is 1. The summed E-state index contributed by atoms with van der Waals surface area (Å²) >= 11 is 0. The molecule has 0 saturated heterocycles. The van der Waals surface area contributed by atoms with E-state index >= 15 is 0 Å². The Labute approximate surface area is 229 Å². The number of carbonyl (C=O) groups excluding carboxylic acids is 1. The Morgan fingerprint density at radius 3 is 2.82 bits per heavy atom. The maximum Gasteiger partial charge on any atom is 0.255 e. The van der Waals surface area contributed by atoms with Crippen LogP contribution in [0, 0.1) is 0 Å². The molecule has 3 aromatic rings. The van der Waals surface area contributed by atoms with E-state index in [1.807, 2.05) is 36.8 Å².